The summed E-state index contributed by atoms with van der Waals surface area (Å²) in [4.78, 5) is 14.0. The first-order valence-electron chi connectivity index (χ1n) is 10.4. The lowest BCUT2D eigenvalue weighted by molar-refractivity contribution is 0.153. The molecule has 4 heterocycles. The maximum absolute atomic E-state index is 4.72. The second-order valence-corrected chi connectivity index (χ2v) is 8.89. The molecule has 0 atom stereocenters. The van der Waals surface area contributed by atoms with Gasteiger partial charge < -0.3 is 10.2 Å². The van der Waals surface area contributed by atoms with Crippen molar-refractivity contribution in [3.05, 3.63) is 66.8 Å². The van der Waals surface area contributed by atoms with Gasteiger partial charge in [-0.05, 0) is 42.3 Å². The molecule has 4 aromatic rings. The summed E-state index contributed by atoms with van der Waals surface area (Å²) in [7, 11) is 0. The number of anilines is 2. The Hall–Kier alpha value is -3.23. The molecule has 2 N–H and O–H groups in total. The third-order valence-corrected chi connectivity index (χ3v) is 6.53. The van der Waals surface area contributed by atoms with Crippen molar-refractivity contribution < 1.29 is 0 Å². The molecule has 1 fully saturated rings. The molecule has 3 aromatic heterocycles. The number of nitrogens with one attached hydrogen (secondary N) is 2. The third-order valence-electron chi connectivity index (χ3n) is 5.60. The average Bonchev–Trinajstić information content (AvgIpc) is 3.43. The number of nitrogens with zero attached hydrogens (tertiary/aromatic N) is 5. The lowest BCUT2D eigenvalue weighted by Crippen LogP contribution is -2.44. The van der Waals surface area contributed by atoms with Crippen LogP contribution in [0.1, 0.15) is 12.5 Å². The molecule has 5 rings (SSSR count). The number of H-pyrrole nitrogens is 1. The number of benzene rings is 1. The summed E-state index contributed by atoms with van der Waals surface area (Å²) in [6.07, 6.45) is 5.59. The van der Waals surface area contributed by atoms with Gasteiger partial charge in [0.15, 0.2) is 5.13 Å². The van der Waals surface area contributed by atoms with E-state index in [4.69, 9.17) is 4.98 Å². The van der Waals surface area contributed by atoms with Crippen LogP contribution in [0.25, 0.3) is 21.3 Å². The standard InChI is InChI=1S/C23H25N7S/c1-16(2)30-9-7-29(8-10-30)15-17-5-6-24-22(11-17)28-23-27-20-4-3-18(12-21(20)31-23)19-13-25-26-14-19/h3-6,11-14H,1,7-10,15H2,2H3,(H,25,26)(H,24,27,28). The Balaban J connectivity index is 1.27. The topological polar surface area (TPSA) is 73.0 Å². The second-order valence-electron chi connectivity index (χ2n) is 7.86. The van der Waals surface area contributed by atoms with E-state index >= 15 is 0 Å². The summed E-state index contributed by atoms with van der Waals surface area (Å²) in [5.41, 5.74) is 5.59. The van der Waals surface area contributed by atoms with Crippen LogP contribution in [0, 0.1) is 0 Å². The molecule has 1 saturated heterocycles. The normalized spacial score (nSPS) is 14.8. The molecule has 0 bridgehead atoms. The van der Waals surface area contributed by atoms with Crippen LogP contribution in [0.5, 0.6) is 0 Å². The Labute approximate surface area is 185 Å². The van der Waals surface area contributed by atoms with Crippen LogP contribution in [-0.2, 0) is 6.54 Å². The van der Waals surface area contributed by atoms with Gasteiger partial charge in [0, 0.05) is 56.4 Å². The van der Waals surface area contributed by atoms with Crippen LogP contribution in [0.15, 0.2) is 61.2 Å². The number of rotatable bonds is 6. The van der Waals surface area contributed by atoms with Gasteiger partial charge in [-0.15, -0.1) is 0 Å². The molecular formula is C23H25N7S. The number of allylic oxidation sites excluding steroid dienone is 1. The first-order valence-corrected chi connectivity index (χ1v) is 11.2. The minimum Gasteiger partial charge on any atom is -0.373 e. The molecule has 7 nitrogen and oxygen atoms in total. The summed E-state index contributed by atoms with van der Waals surface area (Å²) in [6, 6.07) is 10.5. The van der Waals surface area contributed by atoms with Crippen LogP contribution < -0.4 is 5.32 Å². The van der Waals surface area contributed by atoms with Crippen molar-refractivity contribution in [3.8, 4) is 11.1 Å². The molecule has 0 radical (unpaired) electrons. The monoisotopic (exact) mass is 431 g/mol. The van der Waals surface area contributed by atoms with Gasteiger partial charge in [0.05, 0.1) is 16.4 Å². The zero-order valence-electron chi connectivity index (χ0n) is 17.5. The minimum atomic E-state index is 0.826. The van der Waals surface area contributed by atoms with Crippen molar-refractivity contribution >= 4 is 32.5 Å². The Kier molecular flexibility index (Phi) is 5.40. The maximum atomic E-state index is 4.72. The second kappa shape index (κ2) is 8.49. The molecule has 31 heavy (non-hydrogen) atoms. The van der Waals surface area contributed by atoms with Gasteiger partial charge in [0.2, 0.25) is 0 Å². The fourth-order valence-electron chi connectivity index (χ4n) is 3.86. The van der Waals surface area contributed by atoms with Crippen molar-refractivity contribution in [2.75, 3.05) is 31.5 Å². The molecule has 1 aliphatic rings. The number of hydrogen-bond acceptors (Lipinski definition) is 7. The fraction of sp³-hybridized carbons (Fsp3) is 0.261. The Morgan fingerprint density at radius 3 is 2.81 bits per heavy atom. The van der Waals surface area contributed by atoms with E-state index in [1.165, 1.54) is 5.56 Å². The van der Waals surface area contributed by atoms with Gasteiger partial charge >= 0.3 is 0 Å². The minimum absolute atomic E-state index is 0.826. The van der Waals surface area contributed by atoms with Crippen LogP contribution in [-0.4, -0.2) is 56.1 Å². The number of piperazine rings is 1. The summed E-state index contributed by atoms with van der Waals surface area (Å²) in [5.74, 6) is 0.826. The molecule has 0 saturated carbocycles. The van der Waals surface area contributed by atoms with Gasteiger partial charge in [0.1, 0.15) is 5.82 Å². The SMILES string of the molecule is C=C(C)N1CCN(Cc2ccnc(Nc3nc4ccc(-c5cn[nH]c5)cc4s3)c2)CC1. The largest absolute Gasteiger partial charge is 0.373 e. The van der Waals surface area contributed by atoms with E-state index in [0.717, 1.165) is 70.7 Å². The van der Waals surface area contributed by atoms with Gasteiger partial charge in [-0.25, -0.2) is 9.97 Å². The lowest BCUT2D eigenvalue weighted by Gasteiger charge is -2.36. The van der Waals surface area contributed by atoms with Gasteiger partial charge in [-0.1, -0.05) is 24.0 Å². The van der Waals surface area contributed by atoms with E-state index in [-0.39, 0.29) is 0 Å². The molecule has 0 aliphatic carbocycles. The van der Waals surface area contributed by atoms with Gasteiger partial charge in [0.25, 0.3) is 0 Å². The summed E-state index contributed by atoms with van der Waals surface area (Å²) in [5, 5.41) is 11.1. The predicted octanol–water partition coefficient (Wildman–Crippen LogP) is 4.48. The summed E-state index contributed by atoms with van der Waals surface area (Å²) >= 11 is 1.63. The smallest absolute Gasteiger partial charge is 0.189 e. The van der Waals surface area contributed by atoms with Crippen molar-refractivity contribution in [2.24, 2.45) is 0 Å². The summed E-state index contributed by atoms with van der Waals surface area (Å²) in [6.45, 7) is 11.2. The molecule has 1 aromatic carbocycles. The number of fused-ring (bicyclic) bond motifs is 1. The zero-order valence-corrected chi connectivity index (χ0v) is 18.3. The molecule has 1 aliphatic heterocycles. The van der Waals surface area contributed by atoms with Crippen LogP contribution in [0.2, 0.25) is 0 Å². The Bertz CT molecular complexity index is 1190. The molecular weight excluding hydrogens is 406 g/mol. The van der Waals surface area contributed by atoms with Gasteiger partial charge in [-0.2, -0.15) is 5.10 Å². The Morgan fingerprint density at radius 1 is 1.16 bits per heavy atom. The highest BCUT2D eigenvalue weighted by atomic mass is 32.1. The highest BCUT2D eigenvalue weighted by Crippen LogP contribution is 2.31. The molecule has 0 amide bonds. The predicted molar refractivity (Wildman–Crippen MR) is 126 cm³/mol. The van der Waals surface area contributed by atoms with E-state index < -0.39 is 0 Å². The van der Waals surface area contributed by atoms with E-state index in [9.17, 15) is 0 Å². The third kappa shape index (κ3) is 4.45. The number of pyridine rings is 1. The van der Waals surface area contributed by atoms with Crippen molar-refractivity contribution in [2.45, 2.75) is 13.5 Å². The zero-order chi connectivity index (χ0) is 21.2. The maximum Gasteiger partial charge on any atom is 0.189 e. The van der Waals surface area contributed by atoms with E-state index in [1.54, 1.807) is 11.3 Å². The summed E-state index contributed by atoms with van der Waals surface area (Å²) < 4.78 is 1.13. The molecule has 0 unspecified atom stereocenters. The number of hydrogen-bond donors (Lipinski definition) is 2. The van der Waals surface area contributed by atoms with Gasteiger partial charge in [-0.3, -0.25) is 10.00 Å². The van der Waals surface area contributed by atoms with E-state index in [1.807, 2.05) is 24.7 Å². The average molecular weight is 432 g/mol. The number of aromatic nitrogens is 4. The van der Waals surface area contributed by atoms with E-state index in [0.29, 0.717) is 0 Å². The van der Waals surface area contributed by atoms with Crippen molar-refractivity contribution in [3.63, 3.8) is 0 Å². The van der Waals surface area contributed by atoms with Crippen molar-refractivity contribution in [1.82, 2.24) is 30.0 Å². The molecule has 158 valence electrons. The molecule has 8 heteroatoms. The van der Waals surface area contributed by atoms with Crippen molar-refractivity contribution in [1.29, 1.82) is 0 Å². The van der Waals surface area contributed by atoms with E-state index in [2.05, 4.69) is 68.1 Å². The number of aromatic amines is 1. The fourth-order valence-corrected chi connectivity index (χ4v) is 4.77. The Morgan fingerprint density at radius 2 is 2.03 bits per heavy atom. The lowest BCUT2D eigenvalue weighted by atomic mass is 10.1. The first-order chi connectivity index (χ1) is 15.1. The quantitative estimate of drug-likeness (QED) is 0.469. The van der Waals surface area contributed by atoms with Crippen LogP contribution >= 0.6 is 11.3 Å². The highest BCUT2D eigenvalue weighted by Gasteiger charge is 2.16. The highest BCUT2D eigenvalue weighted by molar-refractivity contribution is 7.22. The van der Waals surface area contributed by atoms with Crippen LogP contribution in [0.4, 0.5) is 10.9 Å². The van der Waals surface area contributed by atoms with Crippen LogP contribution in [0.3, 0.4) is 0 Å². The first kappa shape index (κ1) is 19.7. The number of thiazole rings is 1. The molecule has 0 spiro atoms.